The second-order valence-corrected chi connectivity index (χ2v) is 9.85. The molecule has 0 spiro atoms. The molecule has 0 radical (unpaired) electrons. The number of pyridine rings is 1. The van der Waals surface area contributed by atoms with Crippen LogP contribution in [0.5, 0.6) is 11.5 Å². The van der Waals surface area contributed by atoms with Crippen LogP contribution in [0.2, 0.25) is 0 Å². The third-order valence-electron chi connectivity index (χ3n) is 5.89. The molecular weight excluding hydrogens is 416 g/mol. The highest BCUT2D eigenvalue weighted by Gasteiger charge is 2.30. The first-order chi connectivity index (χ1) is 15.0. The van der Waals surface area contributed by atoms with Crippen molar-refractivity contribution in [1.29, 1.82) is 0 Å². The monoisotopic (exact) mass is 442 g/mol. The molecule has 2 aliphatic rings. The van der Waals surface area contributed by atoms with Gasteiger partial charge in [0.2, 0.25) is 10.0 Å². The van der Waals surface area contributed by atoms with Gasteiger partial charge >= 0.3 is 0 Å². The van der Waals surface area contributed by atoms with Gasteiger partial charge in [0.1, 0.15) is 5.65 Å². The van der Waals surface area contributed by atoms with Gasteiger partial charge in [0.05, 0.1) is 29.5 Å². The van der Waals surface area contributed by atoms with Crippen molar-refractivity contribution >= 4 is 15.7 Å². The van der Waals surface area contributed by atoms with Crippen LogP contribution in [0.25, 0.3) is 5.65 Å². The van der Waals surface area contributed by atoms with Gasteiger partial charge in [-0.05, 0) is 31.2 Å². The summed E-state index contributed by atoms with van der Waals surface area (Å²) >= 11 is 0. The normalized spacial score (nSPS) is 18.2. The van der Waals surface area contributed by atoms with E-state index in [0.717, 1.165) is 30.0 Å². The highest BCUT2D eigenvalue weighted by atomic mass is 32.2. The predicted octanol–water partition coefficient (Wildman–Crippen LogP) is 2.31. The highest BCUT2D eigenvalue weighted by Crippen LogP contribution is 2.33. The van der Waals surface area contributed by atoms with E-state index in [1.54, 1.807) is 22.5 Å². The Morgan fingerprint density at radius 2 is 1.77 bits per heavy atom. The Labute approximate surface area is 182 Å². The van der Waals surface area contributed by atoms with Crippen LogP contribution < -0.4 is 9.47 Å². The summed E-state index contributed by atoms with van der Waals surface area (Å²) in [5.74, 6) is 1.10. The maximum Gasteiger partial charge on any atom is 0.243 e. The fourth-order valence-corrected chi connectivity index (χ4v) is 5.59. The van der Waals surface area contributed by atoms with Crippen molar-refractivity contribution < 1.29 is 17.9 Å². The summed E-state index contributed by atoms with van der Waals surface area (Å²) in [5.41, 5.74) is 3.09. The van der Waals surface area contributed by atoms with Crippen LogP contribution in [0, 0.1) is 6.92 Å². The Morgan fingerprint density at radius 3 is 2.58 bits per heavy atom. The molecule has 9 heteroatoms. The van der Waals surface area contributed by atoms with E-state index in [4.69, 9.17) is 9.47 Å². The van der Waals surface area contributed by atoms with Crippen molar-refractivity contribution in [2.45, 2.75) is 24.8 Å². The highest BCUT2D eigenvalue weighted by molar-refractivity contribution is 7.89. The standard InChI is InChI=1S/C22H26N4O4S/c1-17-19(26-8-3-2-5-22(26)23-17)16-24-9-11-25(12-10-24)31(27,28)18-6-7-20-21(15-18)30-14-4-13-29-20/h2-3,5-8,15H,4,9-14,16H2,1H3. The minimum Gasteiger partial charge on any atom is -0.490 e. The average Bonchev–Trinajstić information content (AvgIpc) is 2.94. The van der Waals surface area contributed by atoms with Gasteiger partial charge in [0.25, 0.3) is 0 Å². The largest absolute Gasteiger partial charge is 0.490 e. The van der Waals surface area contributed by atoms with Crippen LogP contribution in [0.1, 0.15) is 17.8 Å². The quantitative estimate of drug-likeness (QED) is 0.617. The van der Waals surface area contributed by atoms with Crippen molar-refractivity contribution in [2.75, 3.05) is 39.4 Å². The van der Waals surface area contributed by atoms with Crippen molar-refractivity contribution in [3.63, 3.8) is 0 Å². The number of hydrogen-bond donors (Lipinski definition) is 0. The fourth-order valence-electron chi connectivity index (χ4n) is 4.15. The second kappa shape index (κ2) is 8.14. The Bertz CT molecular complexity index is 1200. The van der Waals surface area contributed by atoms with Crippen LogP contribution in [0.4, 0.5) is 0 Å². The SMILES string of the molecule is Cc1nc2ccccn2c1CN1CCN(S(=O)(=O)c2ccc3c(c2)OCCCO3)CC1. The van der Waals surface area contributed by atoms with Gasteiger partial charge in [-0.3, -0.25) is 4.90 Å². The number of aromatic nitrogens is 2. The fraction of sp³-hybridized carbons (Fsp3) is 0.409. The molecule has 31 heavy (non-hydrogen) atoms. The summed E-state index contributed by atoms with van der Waals surface area (Å²) in [7, 11) is -3.58. The van der Waals surface area contributed by atoms with E-state index in [1.165, 1.54) is 0 Å². The first-order valence-electron chi connectivity index (χ1n) is 10.6. The molecule has 164 valence electrons. The maximum atomic E-state index is 13.2. The van der Waals surface area contributed by atoms with Gasteiger partial charge in [0, 0.05) is 51.4 Å². The number of benzene rings is 1. The van der Waals surface area contributed by atoms with Gasteiger partial charge in [-0.2, -0.15) is 4.31 Å². The molecule has 0 bridgehead atoms. The van der Waals surface area contributed by atoms with Crippen molar-refractivity contribution in [3.8, 4) is 11.5 Å². The van der Waals surface area contributed by atoms with E-state index in [-0.39, 0.29) is 4.90 Å². The predicted molar refractivity (Wildman–Crippen MR) is 116 cm³/mol. The molecule has 3 aromatic rings. The Hall–Kier alpha value is -2.62. The number of ether oxygens (including phenoxy) is 2. The zero-order chi connectivity index (χ0) is 21.4. The number of imidazole rings is 1. The lowest BCUT2D eigenvalue weighted by molar-refractivity contribution is 0.179. The number of rotatable bonds is 4. The molecule has 0 aliphatic carbocycles. The average molecular weight is 443 g/mol. The molecule has 1 aromatic carbocycles. The minimum atomic E-state index is -3.58. The van der Waals surface area contributed by atoms with Gasteiger partial charge < -0.3 is 13.9 Å². The van der Waals surface area contributed by atoms with E-state index in [9.17, 15) is 8.42 Å². The number of aryl methyl sites for hydroxylation is 1. The molecular formula is C22H26N4O4S. The van der Waals surface area contributed by atoms with Crippen LogP contribution in [0.15, 0.2) is 47.5 Å². The summed E-state index contributed by atoms with van der Waals surface area (Å²) in [4.78, 5) is 7.16. The van der Waals surface area contributed by atoms with Crippen molar-refractivity contribution in [3.05, 3.63) is 54.0 Å². The first-order valence-corrected chi connectivity index (χ1v) is 12.0. The van der Waals surface area contributed by atoms with Crippen molar-refractivity contribution in [2.24, 2.45) is 0 Å². The molecule has 0 atom stereocenters. The number of sulfonamides is 1. The van der Waals surface area contributed by atoms with Crippen LogP contribution in [-0.4, -0.2) is 66.4 Å². The third kappa shape index (κ3) is 3.88. The Kier molecular flexibility index (Phi) is 5.33. The van der Waals surface area contributed by atoms with Crippen LogP contribution in [0.3, 0.4) is 0 Å². The summed E-state index contributed by atoms with van der Waals surface area (Å²) < 4.78 is 41.4. The third-order valence-corrected chi connectivity index (χ3v) is 7.79. The van der Waals surface area contributed by atoms with Gasteiger partial charge in [0.15, 0.2) is 11.5 Å². The topological polar surface area (TPSA) is 76.4 Å². The van der Waals surface area contributed by atoms with Crippen LogP contribution >= 0.6 is 0 Å². The molecule has 0 saturated carbocycles. The first kappa shape index (κ1) is 20.3. The minimum absolute atomic E-state index is 0.253. The van der Waals surface area contributed by atoms with E-state index in [0.29, 0.717) is 50.9 Å². The number of nitrogens with zero attached hydrogens (tertiary/aromatic N) is 4. The summed E-state index contributed by atoms with van der Waals surface area (Å²) in [5, 5.41) is 0. The van der Waals surface area contributed by atoms with E-state index in [2.05, 4.69) is 14.3 Å². The number of piperazine rings is 1. The zero-order valence-corrected chi connectivity index (χ0v) is 18.3. The molecule has 2 aliphatic heterocycles. The van der Waals surface area contributed by atoms with Crippen LogP contribution in [-0.2, 0) is 16.6 Å². The molecule has 0 N–H and O–H groups in total. The summed E-state index contributed by atoms with van der Waals surface area (Å²) in [6.07, 6.45) is 2.81. The Balaban J connectivity index is 1.29. The molecule has 4 heterocycles. The second-order valence-electron chi connectivity index (χ2n) is 7.91. The molecule has 1 fully saturated rings. The summed E-state index contributed by atoms with van der Waals surface area (Å²) in [6.45, 7) is 6.11. The maximum absolute atomic E-state index is 13.2. The van der Waals surface area contributed by atoms with Gasteiger partial charge in [-0.25, -0.2) is 13.4 Å². The lowest BCUT2D eigenvalue weighted by Gasteiger charge is -2.34. The van der Waals surface area contributed by atoms with E-state index in [1.807, 2.05) is 31.3 Å². The molecule has 0 unspecified atom stereocenters. The molecule has 8 nitrogen and oxygen atoms in total. The Morgan fingerprint density at radius 1 is 1.00 bits per heavy atom. The van der Waals surface area contributed by atoms with Crippen molar-refractivity contribution in [1.82, 2.24) is 18.6 Å². The lowest BCUT2D eigenvalue weighted by Crippen LogP contribution is -2.48. The molecule has 5 rings (SSSR count). The number of fused-ring (bicyclic) bond motifs is 2. The lowest BCUT2D eigenvalue weighted by atomic mass is 10.3. The van der Waals surface area contributed by atoms with E-state index < -0.39 is 10.0 Å². The molecule has 0 amide bonds. The van der Waals surface area contributed by atoms with E-state index >= 15 is 0 Å². The molecule has 2 aromatic heterocycles. The number of hydrogen-bond acceptors (Lipinski definition) is 6. The molecule has 1 saturated heterocycles. The zero-order valence-electron chi connectivity index (χ0n) is 17.5. The smallest absolute Gasteiger partial charge is 0.243 e. The van der Waals surface area contributed by atoms with Gasteiger partial charge in [-0.15, -0.1) is 0 Å². The summed E-state index contributed by atoms with van der Waals surface area (Å²) in [6, 6.07) is 10.9. The van der Waals surface area contributed by atoms with Gasteiger partial charge in [-0.1, -0.05) is 6.07 Å².